The van der Waals surface area contributed by atoms with Crippen LogP contribution in [0.25, 0.3) is 0 Å². The summed E-state index contributed by atoms with van der Waals surface area (Å²) in [6.45, 7) is 2.80. The monoisotopic (exact) mass is 242 g/mol. The summed E-state index contributed by atoms with van der Waals surface area (Å²) in [5, 5.41) is 2.62. The Balaban J connectivity index is 2.54. The van der Waals surface area contributed by atoms with E-state index < -0.39 is 11.6 Å². The maximum atomic E-state index is 13.3. The quantitative estimate of drug-likeness (QED) is 0.815. The fraction of sp³-hybridized carbons (Fsp3) is 0.417. The van der Waals surface area contributed by atoms with Crippen molar-refractivity contribution in [1.82, 2.24) is 5.32 Å². The Labute approximate surface area is 99.0 Å². The summed E-state index contributed by atoms with van der Waals surface area (Å²) in [6, 6.07) is 3.79. The molecule has 0 aliphatic rings. The van der Waals surface area contributed by atoms with Gasteiger partial charge in [-0.3, -0.25) is 4.79 Å². The fourth-order valence-corrected chi connectivity index (χ4v) is 1.29. The minimum atomic E-state index is -0.963. The highest BCUT2D eigenvalue weighted by molar-refractivity contribution is 5.78. The van der Waals surface area contributed by atoms with Gasteiger partial charge in [0.1, 0.15) is 0 Å². The molecule has 0 spiro atoms. The molecule has 1 rings (SSSR count). The molecule has 0 fully saturated rings. The van der Waals surface area contributed by atoms with E-state index in [0.717, 1.165) is 6.07 Å². The molecule has 1 aromatic rings. The summed E-state index contributed by atoms with van der Waals surface area (Å²) in [5.41, 5.74) is 5.45. The first-order valence-electron chi connectivity index (χ1n) is 5.44. The average molecular weight is 242 g/mol. The van der Waals surface area contributed by atoms with Gasteiger partial charge in [0, 0.05) is 12.1 Å². The second-order valence-corrected chi connectivity index (χ2v) is 4.03. The molecule has 1 unspecified atom stereocenters. The highest BCUT2D eigenvalue weighted by Gasteiger charge is 2.11. The van der Waals surface area contributed by atoms with E-state index in [4.69, 9.17) is 5.73 Å². The topological polar surface area (TPSA) is 55.1 Å². The van der Waals surface area contributed by atoms with Crippen LogP contribution in [0.15, 0.2) is 18.2 Å². The molecule has 1 amide bonds. The molecule has 3 nitrogen and oxygen atoms in total. The van der Waals surface area contributed by atoms with Crippen LogP contribution in [0, 0.1) is 17.6 Å². The van der Waals surface area contributed by atoms with Gasteiger partial charge in [-0.15, -0.1) is 0 Å². The first-order valence-corrected chi connectivity index (χ1v) is 5.44. The number of benzene rings is 1. The zero-order valence-corrected chi connectivity index (χ0v) is 9.67. The van der Waals surface area contributed by atoms with E-state index >= 15 is 0 Å². The number of hydrogen-bond acceptors (Lipinski definition) is 2. The van der Waals surface area contributed by atoms with Gasteiger partial charge in [0.15, 0.2) is 11.6 Å². The molecule has 1 atom stereocenters. The molecule has 0 aromatic heterocycles. The van der Waals surface area contributed by atoms with Gasteiger partial charge < -0.3 is 11.1 Å². The lowest BCUT2D eigenvalue weighted by Crippen LogP contribution is -2.32. The number of halogens is 2. The van der Waals surface area contributed by atoms with E-state index in [2.05, 4.69) is 5.32 Å². The third-order valence-corrected chi connectivity index (χ3v) is 2.43. The number of nitrogens with two attached hydrogens (primary N) is 1. The number of amides is 1. The summed E-state index contributed by atoms with van der Waals surface area (Å²) in [4.78, 5) is 11.5. The minimum Gasteiger partial charge on any atom is -0.355 e. The van der Waals surface area contributed by atoms with E-state index in [1.54, 1.807) is 0 Å². The molecule has 0 heterocycles. The highest BCUT2D eigenvalue weighted by Crippen LogP contribution is 2.11. The van der Waals surface area contributed by atoms with E-state index in [9.17, 15) is 13.6 Å². The van der Waals surface area contributed by atoms with Crippen molar-refractivity contribution < 1.29 is 13.6 Å². The predicted octanol–water partition coefficient (Wildman–Crippen LogP) is 1.22. The Kier molecular flexibility index (Phi) is 5.03. The maximum Gasteiger partial charge on any atom is 0.224 e. The smallest absolute Gasteiger partial charge is 0.224 e. The Morgan fingerprint density at radius 2 is 2.18 bits per heavy atom. The summed E-state index contributed by atoms with van der Waals surface area (Å²) >= 11 is 0. The largest absolute Gasteiger partial charge is 0.355 e. The molecule has 1 aromatic carbocycles. The van der Waals surface area contributed by atoms with Gasteiger partial charge >= 0.3 is 0 Å². The van der Waals surface area contributed by atoms with Gasteiger partial charge in [0.05, 0.1) is 6.42 Å². The molecule has 3 N–H and O–H groups in total. The second-order valence-electron chi connectivity index (χ2n) is 4.03. The first kappa shape index (κ1) is 13.6. The number of carbonyl (C=O) groups is 1. The molecular weight excluding hydrogens is 226 g/mol. The van der Waals surface area contributed by atoms with Gasteiger partial charge in [0.2, 0.25) is 5.91 Å². The van der Waals surface area contributed by atoms with Gasteiger partial charge in [0.25, 0.3) is 0 Å². The van der Waals surface area contributed by atoms with Crippen molar-refractivity contribution in [3.63, 3.8) is 0 Å². The molecule has 0 aliphatic carbocycles. The van der Waals surface area contributed by atoms with Gasteiger partial charge in [-0.05, 0) is 18.5 Å². The van der Waals surface area contributed by atoms with Crippen LogP contribution < -0.4 is 11.1 Å². The van der Waals surface area contributed by atoms with Crippen molar-refractivity contribution in [1.29, 1.82) is 0 Å². The van der Waals surface area contributed by atoms with Gasteiger partial charge in [-0.1, -0.05) is 19.1 Å². The normalized spacial score (nSPS) is 12.2. The SMILES string of the molecule is CC(CN)CNC(=O)Cc1cccc(F)c1F. The van der Waals surface area contributed by atoms with Crippen LogP contribution >= 0.6 is 0 Å². The molecule has 0 bridgehead atoms. The lowest BCUT2D eigenvalue weighted by atomic mass is 10.1. The van der Waals surface area contributed by atoms with E-state index in [0.29, 0.717) is 13.1 Å². The zero-order valence-electron chi connectivity index (χ0n) is 9.67. The predicted molar refractivity (Wildman–Crippen MR) is 61.3 cm³/mol. The Morgan fingerprint density at radius 1 is 1.47 bits per heavy atom. The molecular formula is C12H16F2N2O. The fourth-order valence-electron chi connectivity index (χ4n) is 1.29. The van der Waals surface area contributed by atoms with Crippen molar-refractivity contribution >= 4 is 5.91 Å². The maximum absolute atomic E-state index is 13.3. The van der Waals surface area contributed by atoms with Gasteiger partial charge in [-0.25, -0.2) is 8.78 Å². The third kappa shape index (κ3) is 4.11. The van der Waals surface area contributed by atoms with Crippen LogP contribution in [-0.2, 0) is 11.2 Å². The van der Waals surface area contributed by atoms with Crippen LogP contribution in [-0.4, -0.2) is 19.0 Å². The van der Waals surface area contributed by atoms with Crippen molar-refractivity contribution in [2.75, 3.05) is 13.1 Å². The molecule has 0 aliphatic heterocycles. The highest BCUT2D eigenvalue weighted by atomic mass is 19.2. The van der Waals surface area contributed by atoms with Gasteiger partial charge in [-0.2, -0.15) is 0 Å². The number of rotatable bonds is 5. The number of nitrogens with one attached hydrogen (secondary N) is 1. The third-order valence-electron chi connectivity index (χ3n) is 2.43. The van der Waals surface area contributed by atoms with E-state index in [1.807, 2.05) is 6.92 Å². The first-order chi connectivity index (χ1) is 8.04. The molecule has 0 saturated heterocycles. The molecule has 0 saturated carbocycles. The molecule has 5 heteroatoms. The van der Waals surface area contributed by atoms with Crippen LogP contribution in [0.3, 0.4) is 0 Å². The van der Waals surface area contributed by atoms with Crippen molar-refractivity contribution in [2.45, 2.75) is 13.3 Å². The second kappa shape index (κ2) is 6.30. The van der Waals surface area contributed by atoms with Crippen molar-refractivity contribution in [3.8, 4) is 0 Å². The average Bonchev–Trinajstić information content (AvgIpc) is 2.32. The van der Waals surface area contributed by atoms with Crippen LogP contribution in [0.2, 0.25) is 0 Å². The summed E-state index contributed by atoms with van der Waals surface area (Å²) in [7, 11) is 0. The molecule has 94 valence electrons. The van der Waals surface area contributed by atoms with Crippen LogP contribution in [0.4, 0.5) is 8.78 Å². The van der Waals surface area contributed by atoms with Crippen LogP contribution in [0.5, 0.6) is 0 Å². The summed E-state index contributed by atoms with van der Waals surface area (Å²) in [6.07, 6.45) is -0.166. The van der Waals surface area contributed by atoms with Crippen molar-refractivity contribution in [2.24, 2.45) is 11.7 Å². The summed E-state index contributed by atoms with van der Waals surface area (Å²) in [5.74, 6) is -2.08. The molecule has 0 radical (unpaired) electrons. The minimum absolute atomic E-state index is 0.0582. The van der Waals surface area contributed by atoms with Crippen molar-refractivity contribution in [3.05, 3.63) is 35.4 Å². The lowest BCUT2D eigenvalue weighted by molar-refractivity contribution is -0.120. The van der Waals surface area contributed by atoms with E-state index in [1.165, 1.54) is 12.1 Å². The summed E-state index contributed by atoms with van der Waals surface area (Å²) < 4.78 is 26.1. The Morgan fingerprint density at radius 3 is 2.82 bits per heavy atom. The van der Waals surface area contributed by atoms with E-state index in [-0.39, 0.29) is 23.8 Å². The zero-order chi connectivity index (χ0) is 12.8. The van der Waals surface area contributed by atoms with Crippen LogP contribution in [0.1, 0.15) is 12.5 Å². The molecule has 17 heavy (non-hydrogen) atoms. The lowest BCUT2D eigenvalue weighted by Gasteiger charge is -2.10. The Bertz CT molecular complexity index is 396. The number of carbonyl (C=O) groups excluding carboxylic acids is 1. The standard InChI is InChI=1S/C12H16F2N2O/c1-8(6-15)7-16-11(17)5-9-3-2-4-10(13)12(9)14/h2-4,8H,5-7,15H2,1H3,(H,16,17). The Hall–Kier alpha value is -1.49. The number of hydrogen-bond donors (Lipinski definition) is 2.